The summed E-state index contributed by atoms with van der Waals surface area (Å²) in [5.41, 5.74) is 1.26. The monoisotopic (exact) mass is 274 g/mol. The summed E-state index contributed by atoms with van der Waals surface area (Å²) in [4.78, 5) is 4.33. The first-order chi connectivity index (χ1) is 9.63. The molecule has 20 heavy (non-hydrogen) atoms. The van der Waals surface area contributed by atoms with Crippen LogP contribution in [0.5, 0.6) is 0 Å². The molecule has 0 saturated heterocycles. The zero-order valence-corrected chi connectivity index (χ0v) is 12.1. The summed E-state index contributed by atoms with van der Waals surface area (Å²) in [6.45, 7) is 4.17. The highest BCUT2D eigenvalue weighted by Crippen LogP contribution is 2.11. The van der Waals surface area contributed by atoms with Gasteiger partial charge in [0.1, 0.15) is 0 Å². The third kappa shape index (κ3) is 4.78. The van der Waals surface area contributed by atoms with Gasteiger partial charge < -0.3 is 9.63 Å². The first-order valence-corrected chi connectivity index (χ1v) is 7.17. The van der Waals surface area contributed by atoms with E-state index in [1.54, 1.807) is 0 Å². The molecule has 108 valence electrons. The van der Waals surface area contributed by atoms with Crippen molar-refractivity contribution in [3.05, 3.63) is 47.6 Å². The zero-order valence-electron chi connectivity index (χ0n) is 12.1. The fourth-order valence-electron chi connectivity index (χ4n) is 2.20. The van der Waals surface area contributed by atoms with Crippen molar-refractivity contribution in [3.8, 4) is 0 Å². The minimum absolute atomic E-state index is 0.405. The highest BCUT2D eigenvalue weighted by Gasteiger charge is 2.13. The molecule has 0 spiro atoms. The number of aliphatic hydroxyl groups excluding tert-OH is 1. The van der Waals surface area contributed by atoms with Crippen LogP contribution in [-0.4, -0.2) is 21.4 Å². The van der Waals surface area contributed by atoms with Crippen molar-refractivity contribution in [1.82, 2.24) is 10.1 Å². The molecule has 1 aromatic carbocycles. The Balaban J connectivity index is 1.83. The maximum atomic E-state index is 9.86. The predicted molar refractivity (Wildman–Crippen MR) is 77.3 cm³/mol. The van der Waals surface area contributed by atoms with E-state index in [0.29, 0.717) is 24.1 Å². The molecule has 0 fully saturated rings. The maximum absolute atomic E-state index is 9.86. The topological polar surface area (TPSA) is 59.2 Å². The van der Waals surface area contributed by atoms with Crippen LogP contribution in [0.1, 0.15) is 37.5 Å². The van der Waals surface area contributed by atoms with E-state index >= 15 is 0 Å². The molecule has 0 amide bonds. The van der Waals surface area contributed by atoms with Crippen LogP contribution in [0.4, 0.5) is 0 Å². The number of aliphatic hydroxyl groups is 1. The van der Waals surface area contributed by atoms with Gasteiger partial charge in [-0.15, -0.1) is 0 Å². The van der Waals surface area contributed by atoms with E-state index in [-0.39, 0.29) is 0 Å². The molecule has 0 aliphatic rings. The zero-order chi connectivity index (χ0) is 14.4. The SMILES string of the molecule is CC(C)CC(O)Cc1nc(CCc2ccccc2)no1. The fourth-order valence-corrected chi connectivity index (χ4v) is 2.20. The van der Waals surface area contributed by atoms with Gasteiger partial charge in [0, 0.05) is 6.42 Å². The summed E-state index contributed by atoms with van der Waals surface area (Å²) in [7, 11) is 0. The van der Waals surface area contributed by atoms with Gasteiger partial charge in [0.2, 0.25) is 5.89 Å². The van der Waals surface area contributed by atoms with Crippen LogP contribution in [0.2, 0.25) is 0 Å². The largest absolute Gasteiger partial charge is 0.393 e. The van der Waals surface area contributed by atoms with Crippen molar-refractivity contribution in [2.45, 2.75) is 45.6 Å². The summed E-state index contributed by atoms with van der Waals surface area (Å²) < 4.78 is 5.18. The molecule has 4 nitrogen and oxygen atoms in total. The lowest BCUT2D eigenvalue weighted by atomic mass is 10.0. The van der Waals surface area contributed by atoms with Gasteiger partial charge in [0.25, 0.3) is 0 Å². The second-order valence-electron chi connectivity index (χ2n) is 5.58. The lowest BCUT2D eigenvalue weighted by molar-refractivity contribution is 0.138. The lowest BCUT2D eigenvalue weighted by Gasteiger charge is -2.09. The number of nitrogens with zero attached hydrogens (tertiary/aromatic N) is 2. The van der Waals surface area contributed by atoms with E-state index in [1.807, 2.05) is 18.2 Å². The quantitative estimate of drug-likeness (QED) is 0.843. The van der Waals surface area contributed by atoms with Gasteiger partial charge in [0.15, 0.2) is 5.82 Å². The Morgan fingerprint density at radius 2 is 1.90 bits per heavy atom. The van der Waals surface area contributed by atoms with E-state index in [9.17, 15) is 5.11 Å². The van der Waals surface area contributed by atoms with Crippen molar-refractivity contribution < 1.29 is 9.63 Å². The Bertz CT molecular complexity index is 508. The molecule has 0 aliphatic heterocycles. The number of aromatic nitrogens is 2. The highest BCUT2D eigenvalue weighted by atomic mass is 16.5. The van der Waals surface area contributed by atoms with Gasteiger partial charge in [-0.05, 0) is 24.3 Å². The molecule has 4 heteroatoms. The van der Waals surface area contributed by atoms with Gasteiger partial charge in [-0.1, -0.05) is 49.3 Å². The molecule has 1 unspecified atom stereocenters. The van der Waals surface area contributed by atoms with Crippen molar-refractivity contribution in [3.63, 3.8) is 0 Å². The van der Waals surface area contributed by atoms with E-state index < -0.39 is 6.10 Å². The molecule has 0 saturated carbocycles. The average Bonchev–Trinajstić information content (AvgIpc) is 2.84. The Labute approximate surface area is 119 Å². The van der Waals surface area contributed by atoms with Crippen molar-refractivity contribution in [1.29, 1.82) is 0 Å². The summed E-state index contributed by atoms with van der Waals surface area (Å²) in [6.07, 6.45) is 2.44. The standard InChI is InChI=1S/C16H22N2O2/c1-12(2)10-14(19)11-16-17-15(18-20-16)9-8-13-6-4-3-5-7-13/h3-7,12,14,19H,8-11H2,1-2H3. The third-order valence-electron chi connectivity index (χ3n) is 3.14. The molecule has 1 heterocycles. The van der Waals surface area contributed by atoms with Gasteiger partial charge in [-0.25, -0.2) is 0 Å². The van der Waals surface area contributed by atoms with Crippen LogP contribution in [0.15, 0.2) is 34.9 Å². The number of hydrogen-bond acceptors (Lipinski definition) is 4. The highest BCUT2D eigenvalue weighted by molar-refractivity contribution is 5.15. The van der Waals surface area contributed by atoms with Crippen LogP contribution in [0.25, 0.3) is 0 Å². The van der Waals surface area contributed by atoms with Crippen LogP contribution in [0, 0.1) is 5.92 Å². The van der Waals surface area contributed by atoms with Crippen molar-refractivity contribution in [2.75, 3.05) is 0 Å². The Morgan fingerprint density at radius 3 is 2.60 bits per heavy atom. The summed E-state index contributed by atoms with van der Waals surface area (Å²) in [6, 6.07) is 10.2. The van der Waals surface area contributed by atoms with Crippen LogP contribution in [0.3, 0.4) is 0 Å². The second kappa shape index (κ2) is 7.20. The normalized spacial score (nSPS) is 12.8. The lowest BCUT2D eigenvalue weighted by Crippen LogP contribution is -2.13. The first kappa shape index (κ1) is 14.7. The third-order valence-corrected chi connectivity index (χ3v) is 3.14. The number of aryl methyl sites for hydroxylation is 2. The number of hydrogen-bond donors (Lipinski definition) is 1. The van der Waals surface area contributed by atoms with Crippen LogP contribution in [-0.2, 0) is 19.3 Å². The first-order valence-electron chi connectivity index (χ1n) is 7.17. The van der Waals surface area contributed by atoms with Crippen molar-refractivity contribution in [2.24, 2.45) is 5.92 Å². The molecule has 1 atom stereocenters. The van der Waals surface area contributed by atoms with Crippen molar-refractivity contribution >= 4 is 0 Å². The summed E-state index contributed by atoms with van der Waals surface area (Å²) in [5, 5.41) is 13.8. The minimum atomic E-state index is -0.405. The average molecular weight is 274 g/mol. The Morgan fingerprint density at radius 1 is 1.15 bits per heavy atom. The Hall–Kier alpha value is -1.68. The summed E-state index contributed by atoms with van der Waals surface area (Å²) >= 11 is 0. The molecule has 1 N–H and O–H groups in total. The van der Waals surface area contributed by atoms with E-state index in [1.165, 1.54) is 5.56 Å². The second-order valence-corrected chi connectivity index (χ2v) is 5.58. The predicted octanol–water partition coefficient (Wildman–Crippen LogP) is 2.80. The Kier molecular flexibility index (Phi) is 5.30. The van der Waals surface area contributed by atoms with Gasteiger partial charge in [0.05, 0.1) is 12.5 Å². The van der Waals surface area contributed by atoms with E-state index in [2.05, 4.69) is 36.1 Å². The number of benzene rings is 1. The molecule has 0 aliphatic carbocycles. The molecule has 1 aromatic heterocycles. The van der Waals surface area contributed by atoms with Gasteiger partial charge in [-0.3, -0.25) is 0 Å². The molecule has 2 aromatic rings. The van der Waals surface area contributed by atoms with Gasteiger partial charge in [-0.2, -0.15) is 4.98 Å². The minimum Gasteiger partial charge on any atom is -0.393 e. The molecule has 0 bridgehead atoms. The molecular formula is C16H22N2O2. The fraction of sp³-hybridized carbons (Fsp3) is 0.500. The number of rotatable bonds is 7. The van der Waals surface area contributed by atoms with Crippen LogP contribution < -0.4 is 0 Å². The summed E-state index contributed by atoms with van der Waals surface area (Å²) in [5.74, 6) is 1.70. The van der Waals surface area contributed by atoms with Gasteiger partial charge >= 0.3 is 0 Å². The molecular weight excluding hydrogens is 252 g/mol. The molecule has 0 radical (unpaired) electrons. The van der Waals surface area contributed by atoms with E-state index in [0.717, 1.165) is 19.3 Å². The van der Waals surface area contributed by atoms with Crippen LogP contribution >= 0.6 is 0 Å². The maximum Gasteiger partial charge on any atom is 0.229 e. The smallest absolute Gasteiger partial charge is 0.229 e. The van der Waals surface area contributed by atoms with E-state index in [4.69, 9.17) is 4.52 Å². The molecule has 2 rings (SSSR count).